The van der Waals surface area contributed by atoms with Gasteiger partial charge in [0.2, 0.25) is 0 Å². The molecule has 1 saturated heterocycles. The van der Waals surface area contributed by atoms with Crippen molar-refractivity contribution in [2.24, 2.45) is 14.1 Å². The Morgan fingerprint density at radius 1 is 0.923 bits per heavy atom. The van der Waals surface area contributed by atoms with Gasteiger partial charge in [-0.2, -0.15) is 25.2 Å². The highest BCUT2D eigenvalue weighted by atomic mass is 16.1. The predicted octanol–water partition coefficient (Wildman–Crippen LogP) is 3.07. The SMILES string of the molecule is Cn1cc2cc(NC(=O)c3ccc(N4CCC(NC5CC5)CC4)c4cn(C)nc34)cc(Cn3nccn3)c2n1. The van der Waals surface area contributed by atoms with Crippen LogP contribution in [-0.2, 0) is 20.6 Å². The summed E-state index contributed by atoms with van der Waals surface area (Å²) in [7, 11) is 3.79. The zero-order valence-electron chi connectivity index (χ0n) is 22.2. The Bertz CT molecular complexity index is 1650. The first kappa shape index (κ1) is 23.8. The Labute approximate surface area is 225 Å². The van der Waals surface area contributed by atoms with Crippen LogP contribution in [0.3, 0.4) is 0 Å². The molecule has 2 aliphatic rings. The second-order valence-corrected chi connectivity index (χ2v) is 10.8. The number of piperidine rings is 1. The summed E-state index contributed by atoms with van der Waals surface area (Å²) in [6, 6.07) is 9.22. The van der Waals surface area contributed by atoms with Crippen LogP contribution in [0.2, 0.25) is 0 Å². The lowest BCUT2D eigenvalue weighted by Crippen LogP contribution is -2.43. The molecule has 11 nitrogen and oxygen atoms in total. The minimum absolute atomic E-state index is 0.191. The van der Waals surface area contributed by atoms with E-state index in [0.717, 1.165) is 59.5 Å². The number of carbonyl (C=O) groups excluding carboxylic acids is 1. The Morgan fingerprint density at radius 2 is 1.64 bits per heavy atom. The molecule has 2 aromatic carbocycles. The van der Waals surface area contributed by atoms with Crippen molar-refractivity contribution in [2.75, 3.05) is 23.3 Å². The van der Waals surface area contributed by atoms with Crippen LogP contribution in [0.25, 0.3) is 21.8 Å². The molecule has 2 fully saturated rings. The number of benzene rings is 2. The summed E-state index contributed by atoms with van der Waals surface area (Å²) in [4.78, 5) is 17.7. The van der Waals surface area contributed by atoms with Crippen molar-refractivity contribution >= 4 is 39.1 Å². The third kappa shape index (κ3) is 4.74. The second-order valence-electron chi connectivity index (χ2n) is 10.8. The van der Waals surface area contributed by atoms with Gasteiger partial charge in [0.15, 0.2) is 0 Å². The van der Waals surface area contributed by atoms with Crippen LogP contribution in [-0.4, -0.2) is 65.6 Å². The summed E-state index contributed by atoms with van der Waals surface area (Å²) >= 11 is 0. The number of carbonyl (C=O) groups is 1. The maximum atomic E-state index is 13.6. The highest BCUT2D eigenvalue weighted by Crippen LogP contribution is 2.32. The summed E-state index contributed by atoms with van der Waals surface area (Å²) in [5, 5.41) is 26.6. The third-order valence-electron chi connectivity index (χ3n) is 7.73. The number of hydrogen-bond acceptors (Lipinski definition) is 7. The van der Waals surface area contributed by atoms with Gasteiger partial charge >= 0.3 is 0 Å². The van der Waals surface area contributed by atoms with Gasteiger partial charge < -0.3 is 15.5 Å². The third-order valence-corrected chi connectivity index (χ3v) is 7.73. The van der Waals surface area contributed by atoms with Gasteiger partial charge in [0.1, 0.15) is 5.52 Å². The Morgan fingerprint density at radius 3 is 2.41 bits per heavy atom. The van der Waals surface area contributed by atoms with Gasteiger partial charge in [0.25, 0.3) is 5.91 Å². The Hall–Kier alpha value is -4.25. The number of aromatic nitrogens is 7. The van der Waals surface area contributed by atoms with Gasteiger partial charge in [0.05, 0.1) is 30.0 Å². The molecule has 11 heteroatoms. The highest BCUT2D eigenvalue weighted by molar-refractivity contribution is 6.14. The van der Waals surface area contributed by atoms with Gasteiger partial charge in [-0.05, 0) is 49.9 Å². The van der Waals surface area contributed by atoms with E-state index in [1.165, 1.54) is 12.8 Å². The van der Waals surface area contributed by atoms with Gasteiger partial charge in [-0.1, -0.05) is 0 Å². The molecule has 4 heterocycles. The number of anilines is 2. The van der Waals surface area contributed by atoms with Crippen molar-refractivity contribution in [3.05, 3.63) is 60.2 Å². The van der Waals surface area contributed by atoms with Crippen LogP contribution < -0.4 is 15.5 Å². The summed E-state index contributed by atoms with van der Waals surface area (Å²) in [6.07, 6.45) is 12.2. The molecular formula is C28H32N10O. The molecule has 0 unspecified atom stereocenters. The lowest BCUT2D eigenvalue weighted by atomic mass is 10.0. The minimum atomic E-state index is -0.191. The van der Waals surface area contributed by atoms with E-state index in [1.807, 2.05) is 44.7 Å². The fourth-order valence-electron chi connectivity index (χ4n) is 5.73. The molecule has 5 aromatic rings. The highest BCUT2D eigenvalue weighted by Gasteiger charge is 2.28. The van der Waals surface area contributed by atoms with Crippen LogP contribution in [0.15, 0.2) is 49.1 Å². The van der Waals surface area contributed by atoms with E-state index in [-0.39, 0.29) is 5.91 Å². The van der Waals surface area contributed by atoms with Crippen LogP contribution in [0.5, 0.6) is 0 Å². The minimum Gasteiger partial charge on any atom is -0.371 e. The van der Waals surface area contributed by atoms with Crippen molar-refractivity contribution < 1.29 is 4.79 Å². The monoisotopic (exact) mass is 524 g/mol. The number of rotatable bonds is 7. The first-order valence-corrected chi connectivity index (χ1v) is 13.6. The zero-order chi connectivity index (χ0) is 26.5. The standard InChI is InChI=1S/C28H32N10O/c1-35-15-18-13-22(14-19(26(18)33-35)16-38-29-9-10-30-38)32-28(39)23-5-6-25(24-17-36(2)34-27(23)24)37-11-7-21(8-12-37)31-20-3-4-20/h5-6,9-10,13-15,17,20-21,31H,3-4,7-8,11-12,16H2,1-2H3,(H,32,39). The van der Waals surface area contributed by atoms with E-state index in [9.17, 15) is 4.79 Å². The van der Waals surface area contributed by atoms with E-state index < -0.39 is 0 Å². The molecule has 1 aliphatic heterocycles. The first-order chi connectivity index (χ1) is 19.0. The molecule has 39 heavy (non-hydrogen) atoms. The summed E-state index contributed by atoms with van der Waals surface area (Å²) in [6.45, 7) is 2.45. The van der Waals surface area contributed by atoms with Crippen molar-refractivity contribution in [2.45, 2.75) is 44.3 Å². The Kier molecular flexibility index (Phi) is 5.80. The number of nitrogens with zero attached hydrogens (tertiary/aromatic N) is 8. The first-order valence-electron chi connectivity index (χ1n) is 13.6. The van der Waals surface area contributed by atoms with E-state index in [2.05, 4.69) is 36.9 Å². The predicted molar refractivity (Wildman–Crippen MR) is 150 cm³/mol. The van der Waals surface area contributed by atoms with E-state index in [1.54, 1.807) is 26.6 Å². The smallest absolute Gasteiger partial charge is 0.257 e. The average Bonchev–Trinajstić information content (AvgIpc) is 3.24. The fraction of sp³-hybridized carbons (Fsp3) is 0.393. The van der Waals surface area contributed by atoms with Crippen molar-refractivity contribution in [3.63, 3.8) is 0 Å². The van der Waals surface area contributed by atoms with Gasteiger partial charge in [-0.3, -0.25) is 14.2 Å². The number of aryl methyl sites for hydroxylation is 2. The molecule has 0 spiro atoms. The number of nitrogens with one attached hydrogen (secondary N) is 2. The zero-order valence-corrected chi connectivity index (χ0v) is 22.2. The molecule has 0 atom stereocenters. The largest absolute Gasteiger partial charge is 0.371 e. The maximum absolute atomic E-state index is 13.6. The van der Waals surface area contributed by atoms with Gasteiger partial charge in [-0.15, -0.1) is 0 Å². The van der Waals surface area contributed by atoms with Crippen LogP contribution in [0.4, 0.5) is 11.4 Å². The Balaban J connectivity index is 1.16. The van der Waals surface area contributed by atoms with Crippen LogP contribution in [0.1, 0.15) is 41.6 Å². The lowest BCUT2D eigenvalue weighted by molar-refractivity contribution is 0.102. The number of amides is 1. The molecule has 2 N–H and O–H groups in total. The second kappa shape index (κ2) is 9.49. The van der Waals surface area contributed by atoms with Crippen LogP contribution >= 0.6 is 0 Å². The molecule has 7 rings (SSSR count). The van der Waals surface area contributed by atoms with Gasteiger partial charge in [-0.25, -0.2) is 0 Å². The van der Waals surface area contributed by atoms with Crippen molar-refractivity contribution in [1.82, 2.24) is 39.9 Å². The fourth-order valence-corrected chi connectivity index (χ4v) is 5.73. The summed E-state index contributed by atoms with van der Waals surface area (Å²) in [5.41, 5.74) is 4.90. The topological polar surface area (TPSA) is 111 Å². The normalized spacial score (nSPS) is 16.4. The lowest BCUT2D eigenvalue weighted by Gasteiger charge is -2.34. The maximum Gasteiger partial charge on any atom is 0.257 e. The quantitative estimate of drug-likeness (QED) is 0.337. The van der Waals surface area contributed by atoms with Crippen molar-refractivity contribution in [3.8, 4) is 0 Å². The number of fused-ring (bicyclic) bond motifs is 2. The summed E-state index contributed by atoms with van der Waals surface area (Å²) in [5.74, 6) is -0.191. The van der Waals surface area contributed by atoms with E-state index >= 15 is 0 Å². The molecule has 1 amide bonds. The molecule has 0 bridgehead atoms. The number of hydrogen-bond donors (Lipinski definition) is 2. The van der Waals surface area contributed by atoms with Gasteiger partial charge in [0, 0.05) is 79.4 Å². The van der Waals surface area contributed by atoms with E-state index in [0.29, 0.717) is 29.4 Å². The molecule has 200 valence electrons. The van der Waals surface area contributed by atoms with E-state index in [4.69, 9.17) is 5.10 Å². The molecule has 1 saturated carbocycles. The molecule has 1 aliphatic carbocycles. The van der Waals surface area contributed by atoms with Crippen molar-refractivity contribution in [1.29, 1.82) is 0 Å². The van der Waals surface area contributed by atoms with Crippen LogP contribution in [0, 0.1) is 0 Å². The molecule has 0 radical (unpaired) electrons. The average molecular weight is 525 g/mol. The molecular weight excluding hydrogens is 492 g/mol. The summed E-state index contributed by atoms with van der Waals surface area (Å²) < 4.78 is 3.57. The molecule has 3 aromatic heterocycles.